The van der Waals surface area contributed by atoms with Crippen molar-refractivity contribution in [2.24, 2.45) is 0 Å². The number of hydrogen-bond donors (Lipinski definition) is 0. The first-order valence-corrected chi connectivity index (χ1v) is 10.4. The minimum absolute atomic E-state index is 0.00274. The third-order valence-corrected chi connectivity index (χ3v) is 5.62. The second-order valence-electron chi connectivity index (χ2n) is 7.51. The monoisotopic (exact) mass is 418 g/mol. The fraction of sp³-hybridized carbons (Fsp3) is 0.292. The van der Waals surface area contributed by atoms with Gasteiger partial charge < -0.3 is 14.2 Å². The zero-order valence-electron chi connectivity index (χ0n) is 17.6. The number of ether oxygens (including phenoxy) is 1. The van der Waals surface area contributed by atoms with Crippen LogP contribution in [0.5, 0.6) is 0 Å². The number of esters is 1. The quantitative estimate of drug-likeness (QED) is 0.576. The Morgan fingerprint density at radius 1 is 0.903 bits per heavy atom. The molecule has 2 heterocycles. The highest BCUT2D eigenvalue weighted by Gasteiger charge is 2.22. The lowest BCUT2D eigenvalue weighted by atomic mass is 10.1. The van der Waals surface area contributed by atoms with Crippen LogP contribution in [0.3, 0.4) is 0 Å². The molecule has 0 atom stereocenters. The summed E-state index contributed by atoms with van der Waals surface area (Å²) in [4.78, 5) is 33.1. The van der Waals surface area contributed by atoms with Crippen molar-refractivity contribution in [2.45, 2.75) is 6.54 Å². The SMILES string of the molecule is COC(=O)c1ccc(C(=O)N2CCN(CCn3ccnc3-c3ccccc3)CC2)cc1. The molecule has 0 unspecified atom stereocenters. The Morgan fingerprint density at radius 3 is 2.26 bits per heavy atom. The number of aromatic nitrogens is 2. The molecule has 0 spiro atoms. The fourth-order valence-corrected chi connectivity index (χ4v) is 3.81. The predicted octanol–water partition coefficient (Wildman–Crippen LogP) is 2.79. The molecule has 3 aromatic rings. The normalized spacial score (nSPS) is 14.4. The molecule has 1 amide bonds. The summed E-state index contributed by atoms with van der Waals surface area (Å²) in [5.41, 5.74) is 2.14. The van der Waals surface area contributed by atoms with E-state index in [1.807, 2.05) is 35.5 Å². The topological polar surface area (TPSA) is 67.7 Å². The highest BCUT2D eigenvalue weighted by atomic mass is 16.5. The van der Waals surface area contributed by atoms with E-state index < -0.39 is 5.97 Å². The maximum Gasteiger partial charge on any atom is 0.337 e. The molecule has 1 aliphatic heterocycles. The molecule has 1 aliphatic rings. The van der Waals surface area contributed by atoms with Gasteiger partial charge in [0, 0.05) is 62.8 Å². The van der Waals surface area contributed by atoms with Crippen molar-refractivity contribution in [1.82, 2.24) is 19.4 Å². The van der Waals surface area contributed by atoms with Crippen molar-refractivity contribution in [3.63, 3.8) is 0 Å². The average molecular weight is 418 g/mol. The summed E-state index contributed by atoms with van der Waals surface area (Å²) < 4.78 is 6.88. The minimum Gasteiger partial charge on any atom is -0.465 e. The molecule has 31 heavy (non-hydrogen) atoms. The Balaban J connectivity index is 1.29. The summed E-state index contributed by atoms with van der Waals surface area (Å²) in [6.07, 6.45) is 3.85. The summed E-state index contributed by atoms with van der Waals surface area (Å²) in [6.45, 7) is 4.81. The minimum atomic E-state index is -0.402. The molecule has 0 aliphatic carbocycles. The predicted molar refractivity (Wildman–Crippen MR) is 118 cm³/mol. The number of hydrogen-bond acceptors (Lipinski definition) is 5. The number of methoxy groups -OCH3 is 1. The van der Waals surface area contributed by atoms with Crippen molar-refractivity contribution in [3.05, 3.63) is 78.1 Å². The van der Waals surface area contributed by atoms with Crippen molar-refractivity contribution in [1.29, 1.82) is 0 Å². The Hall–Kier alpha value is -3.45. The number of amides is 1. The Bertz CT molecular complexity index is 1020. The van der Waals surface area contributed by atoms with E-state index in [9.17, 15) is 9.59 Å². The number of rotatable bonds is 6. The van der Waals surface area contributed by atoms with Crippen LogP contribution in [0.4, 0.5) is 0 Å². The molecule has 4 rings (SSSR count). The second-order valence-corrected chi connectivity index (χ2v) is 7.51. The highest BCUT2D eigenvalue weighted by molar-refractivity contribution is 5.96. The maximum atomic E-state index is 12.8. The summed E-state index contributed by atoms with van der Waals surface area (Å²) >= 11 is 0. The standard InChI is InChI=1S/C24H26N4O3/c1-31-24(30)21-9-7-20(8-10-21)23(29)28-17-14-26(15-18-28)13-16-27-12-11-25-22(27)19-5-3-2-4-6-19/h2-12H,13-18H2,1H3. The molecule has 2 aromatic carbocycles. The maximum absolute atomic E-state index is 12.8. The molecule has 7 nitrogen and oxygen atoms in total. The fourth-order valence-electron chi connectivity index (χ4n) is 3.81. The van der Waals surface area contributed by atoms with Crippen LogP contribution in [0.15, 0.2) is 67.0 Å². The van der Waals surface area contributed by atoms with Crippen LogP contribution in [0, 0.1) is 0 Å². The van der Waals surface area contributed by atoms with Crippen molar-refractivity contribution in [3.8, 4) is 11.4 Å². The van der Waals surface area contributed by atoms with Crippen LogP contribution in [-0.4, -0.2) is 71.1 Å². The van der Waals surface area contributed by atoms with Crippen LogP contribution in [0.2, 0.25) is 0 Å². The van der Waals surface area contributed by atoms with Gasteiger partial charge in [-0.3, -0.25) is 9.69 Å². The van der Waals surface area contributed by atoms with E-state index in [2.05, 4.69) is 26.6 Å². The zero-order valence-corrected chi connectivity index (χ0v) is 17.6. The molecule has 160 valence electrons. The summed E-state index contributed by atoms with van der Waals surface area (Å²) in [5.74, 6) is 0.572. The van der Waals surface area contributed by atoms with E-state index >= 15 is 0 Å². The van der Waals surface area contributed by atoms with Gasteiger partial charge in [0.2, 0.25) is 0 Å². The number of carbonyl (C=O) groups is 2. The van der Waals surface area contributed by atoms with Crippen LogP contribution >= 0.6 is 0 Å². The average Bonchev–Trinajstić information content (AvgIpc) is 3.31. The van der Waals surface area contributed by atoms with Crippen molar-refractivity contribution >= 4 is 11.9 Å². The first-order chi connectivity index (χ1) is 15.2. The molecular formula is C24H26N4O3. The smallest absolute Gasteiger partial charge is 0.337 e. The van der Waals surface area contributed by atoms with Gasteiger partial charge in [-0.2, -0.15) is 0 Å². The van der Waals surface area contributed by atoms with Gasteiger partial charge in [-0.25, -0.2) is 9.78 Å². The summed E-state index contributed by atoms with van der Waals surface area (Å²) in [6, 6.07) is 16.8. The van der Waals surface area contributed by atoms with E-state index in [4.69, 9.17) is 4.74 Å². The van der Waals surface area contributed by atoms with E-state index in [1.54, 1.807) is 24.3 Å². The zero-order chi connectivity index (χ0) is 21.6. The molecule has 7 heteroatoms. The van der Waals surface area contributed by atoms with Crippen molar-refractivity contribution in [2.75, 3.05) is 39.8 Å². The molecule has 1 fully saturated rings. The Labute approximate surface area is 181 Å². The Morgan fingerprint density at radius 2 is 1.58 bits per heavy atom. The van der Waals surface area contributed by atoms with Gasteiger partial charge in [0.15, 0.2) is 0 Å². The Kier molecular flexibility index (Phi) is 6.43. The van der Waals surface area contributed by atoms with E-state index in [0.717, 1.165) is 37.6 Å². The first kappa shape index (κ1) is 20.8. The van der Waals surface area contributed by atoms with Gasteiger partial charge in [0.25, 0.3) is 5.91 Å². The van der Waals surface area contributed by atoms with E-state index in [0.29, 0.717) is 24.2 Å². The van der Waals surface area contributed by atoms with Crippen molar-refractivity contribution < 1.29 is 14.3 Å². The van der Waals surface area contributed by atoms with Gasteiger partial charge in [-0.15, -0.1) is 0 Å². The summed E-state index contributed by atoms with van der Waals surface area (Å²) in [7, 11) is 1.34. The molecular weight excluding hydrogens is 392 g/mol. The molecule has 0 saturated carbocycles. The lowest BCUT2D eigenvalue weighted by Crippen LogP contribution is -2.49. The van der Waals surface area contributed by atoms with Gasteiger partial charge in [-0.05, 0) is 24.3 Å². The third-order valence-electron chi connectivity index (χ3n) is 5.62. The van der Waals surface area contributed by atoms with Crippen LogP contribution < -0.4 is 0 Å². The first-order valence-electron chi connectivity index (χ1n) is 10.4. The van der Waals surface area contributed by atoms with E-state index in [1.165, 1.54) is 7.11 Å². The lowest BCUT2D eigenvalue weighted by molar-refractivity contribution is 0.0596. The number of piperazine rings is 1. The number of nitrogens with zero attached hydrogens (tertiary/aromatic N) is 4. The molecule has 0 radical (unpaired) electrons. The molecule has 0 bridgehead atoms. The molecule has 1 aromatic heterocycles. The highest BCUT2D eigenvalue weighted by Crippen LogP contribution is 2.17. The van der Waals surface area contributed by atoms with Crippen LogP contribution in [0.25, 0.3) is 11.4 Å². The van der Waals surface area contributed by atoms with Gasteiger partial charge >= 0.3 is 5.97 Å². The lowest BCUT2D eigenvalue weighted by Gasteiger charge is -2.35. The van der Waals surface area contributed by atoms with E-state index in [-0.39, 0.29) is 5.91 Å². The molecule has 0 N–H and O–H groups in total. The largest absolute Gasteiger partial charge is 0.465 e. The number of imidazole rings is 1. The number of benzene rings is 2. The van der Waals surface area contributed by atoms with Gasteiger partial charge in [0.1, 0.15) is 5.82 Å². The van der Waals surface area contributed by atoms with Gasteiger partial charge in [-0.1, -0.05) is 30.3 Å². The van der Waals surface area contributed by atoms with Crippen LogP contribution in [0.1, 0.15) is 20.7 Å². The third kappa shape index (κ3) is 4.83. The van der Waals surface area contributed by atoms with Crippen LogP contribution in [-0.2, 0) is 11.3 Å². The second kappa shape index (κ2) is 9.57. The number of carbonyl (C=O) groups excluding carboxylic acids is 2. The summed E-state index contributed by atoms with van der Waals surface area (Å²) in [5, 5.41) is 0. The molecule has 1 saturated heterocycles. The van der Waals surface area contributed by atoms with Gasteiger partial charge in [0.05, 0.1) is 12.7 Å².